The fraction of sp³-hybridized carbons (Fsp3) is 0.222. The molecule has 0 aliphatic carbocycles. The van der Waals surface area contributed by atoms with Crippen LogP contribution in [0.15, 0.2) is 60.0 Å². The Morgan fingerprint density at radius 3 is 2.68 bits per heavy atom. The lowest BCUT2D eigenvalue weighted by molar-refractivity contribution is -0.118. The van der Waals surface area contributed by atoms with Crippen LogP contribution in [0.25, 0.3) is 0 Å². The maximum absolute atomic E-state index is 12.1. The van der Waals surface area contributed by atoms with Crippen LogP contribution in [0.4, 0.5) is 0 Å². The zero-order valence-corrected chi connectivity index (χ0v) is 14.7. The normalized spacial score (nSPS) is 10.6. The van der Waals surface area contributed by atoms with Crippen LogP contribution in [0, 0.1) is 6.92 Å². The smallest absolute Gasteiger partial charge is 0.230 e. The summed E-state index contributed by atoms with van der Waals surface area (Å²) in [5.41, 5.74) is 2.15. The van der Waals surface area contributed by atoms with Gasteiger partial charge in [0.25, 0.3) is 0 Å². The van der Waals surface area contributed by atoms with Gasteiger partial charge in [0.1, 0.15) is 5.82 Å². The molecule has 0 atom stereocenters. The summed E-state index contributed by atoms with van der Waals surface area (Å²) in [5, 5.41) is 12.0. The van der Waals surface area contributed by atoms with Crippen LogP contribution in [-0.4, -0.2) is 31.4 Å². The molecule has 0 saturated heterocycles. The zero-order chi connectivity index (χ0) is 17.5. The summed E-state index contributed by atoms with van der Waals surface area (Å²) in [5.74, 6) is 1.09. The highest BCUT2D eigenvalue weighted by Crippen LogP contribution is 2.18. The molecule has 1 aromatic carbocycles. The van der Waals surface area contributed by atoms with E-state index in [4.69, 9.17) is 0 Å². The number of aryl methyl sites for hydroxylation is 1. The first-order valence-corrected chi connectivity index (χ1v) is 8.93. The van der Waals surface area contributed by atoms with E-state index < -0.39 is 0 Å². The van der Waals surface area contributed by atoms with Gasteiger partial charge in [-0.1, -0.05) is 48.2 Å². The van der Waals surface area contributed by atoms with Crippen molar-refractivity contribution in [1.29, 1.82) is 0 Å². The summed E-state index contributed by atoms with van der Waals surface area (Å²) >= 11 is 1.39. The van der Waals surface area contributed by atoms with Crippen LogP contribution < -0.4 is 5.32 Å². The third-order valence-corrected chi connectivity index (χ3v) is 4.60. The Balaban J connectivity index is 1.55. The molecule has 0 unspecified atom stereocenters. The molecule has 0 aliphatic rings. The van der Waals surface area contributed by atoms with E-state index in [-0.39, 0.29) is 5.91 Å². The number of hydrogen-bond acceptors (Lipinski definition) is 5. The molecule has 3 aromatic rings. The first-order chi connectivity index (χ1) is 12.2. The van der Waals surface area contributed by atoms with E-state index in [1.165, 1.54) is 17.3 Å². The molecular weight excluding hydrogens is 334 g/mol. The summed E-state index contributed by atoms with van der Waals surface area (Å²) in [7, 11) is 0. The van der Waals surface area contributed by atoms with Crippen molar-refractivity contribution >= 4 is 17.7 Å². The number of hydrogen-bond donors (Lipinski definition) is 1. The summed E-state index contributed by atoms with van der Waals surface area (Å²) in [6.45, 7) is 3.09. The van der Waals surface area contributed by atoms with Gasteiger partial charge in [0.2, 0.25) is 5.91 Å². The fourth-order valence-electron chi connectivity index (χ4n) is 2.30. The lowest BCUT2D eigenvalue weighted by Crippen LogP contribution is -2.24. The van der Waals surface area contributed by atoms with Crippen molar-refractivity contribution in [2.24, 2.45) is 0 Å². The third kappa shape index (κ3) is 4.90. The van der Waals surface area contributed by atoms with Crippen LogP contribution in [0.3, 0.4) is 0 Å². The van der Waals surface area contributed by atoms with Crippen molar-refractivity contribution < 1.29 is 4.79 Å². The highest BCUT2D eigenvalue weighted by Gasteiger charge is 2.12. The molecule has 2 aromatic heterocycles. The van der Waals surface area contributed by atoms with E-state index >= 15 is 0 Å². The molecule has 2 heterocycles. The van der Waals surface area contributed by atoms with Crippen molar-refractivity contribution in [1.82, 2.24) is 25.1 Å². The first kappa shape index (κ1) is 17.2. The Morgan fingerprint density at radius 1 is 1.12 bits per heavy atom. The summed E-state index contributed by atoms with van der Waals surface area (Å²) < 4.78 is 2.02. The molecule has 0 radical (unpaired) electrons. The molecule has 0 aliphatic heterocycles. The van der Waals surface area contributed by atoms with Gasteiger partial charge in [-0.05, 0) is 24.1 Å². The predicted octanol–water partition coefficient (Wildman–Crippen LogP) is 2.44. The standard InChI is InChI=1S/C18H19N5OS/c1-14-21-22-18(23(14)12-15-6-3-2-4-7-15)25-13-17(24)20-11-16-8-5-9-19-10-16/h2-10H,11-13H2,1H3,(H,20,24). The van der Waals surface area contributed by atoms with Crippen molar-refractivity contribution in [3.8, 4) is 0 Å². The van der Waals surface area contributed by atoms with Crippen molar-refractivity contribution in [2.75, 3.05) is 5.75 Å². The number of rotatable bonds is 7. The molecule has 25 heavy (non-hydrogen) atoms. The van der Waals surface area contributed by atoms with Crippen molar-refractivity contribution in [3.63, 3.8) is 0 Å². The molecule has 0 saturated carbocycles. The Hall–Kier alpha value is -2.67. The monoisotopic (exact) mass is 353 g/mol. The van der Waals surface area contributed by atoms with Gasteiger partial charge in [-0.15, -0.1) is 10.2 Å². The molecule has 128 valence electrons. The molecule has 1 amide bonds. The molecule has 0 fully saturated rings. The Bertz CT molecular complexity index is 820. The number of pyridine rings is 1. The van der Waals surface area contributed by atoms with Gasteiger partial charge in [-0.25, -0.2) is 0 Å². The lowest BCUT2D eigenvalue weighted by atomic mass is 10.2. The Morgan fingerprint density at radius 2 is 1.92 bits per heavy atom. The maximum Gasteiger partial charge on any atom is 0.230 e. The number of nitrogens with zero attached hydrogens (tertiary/aromatic N) is 4. The fourth-order valence-corrected chi connectivity index (χ4v) is 3.11. The number of carbonyl (C=O) groups excluding carboxylic acids is 1. The molecule has 0 bridgehead atoms. The quantitative estimate of drug-likeness (QED) is 0.661. The summed E-state index contributed by atoms with van der Waals surface area (Å²) in [6, 6.07) is 13.9. The number of benzene rings is 1. The van der Waals surface area contributed by atoms with Crippen LogP contribution in [0.2, 0.25) is 0 Å². The van der Waals surface area contributed by atoms with E-state index in [2.05, 4.69) is 32.6 Å². The van der Waals surface area contributed by atoms with E-state index in [0.29, 0.717) is 18.8 Å². The van der Waals surface area contributed by atoms with Crippen LogP contribution >= 0.6 is 11.8 Å². The molecular formula is C18H19N5OS. The largest absolute Gasteiger partial charge is 0.351 e. The van der Waals surface area contributed by atoms with Gasteiger partial charge in [0, 0.05) is 18.9 Å². The van der Waals surface area contributed by atoms with Gasteiger partial charge < -0.3 is 9.88 Å². The second-order valence-electron chi connectivity index (χ2n) is 5.53. The lowest BCUT2D eigenvalue weighted by Gasteiger charge is -2.09. The molecule has 6 nitrogen and oxygen atoms in total. The van der Waals surface area contributed by atoms with Crippen molar-refractivity contribution in [2.45, 2.75) is 25.2 Å². The topological polar surface area (TPSA) is 72.7 Å². The predicted molar refractivity (Wildman–Crippen MR) is 97.1 cm³/mol. The number of nitrogens with one attached hydrogen (secondary N) is 1. The summed E-state index contributed by atoms with van der Waals surface area (Å²) in [4.78, 5) is 16.1. The highest BCUT2D eigenvalue weighted by molar-refractivity contribution is 7.99. The van der Waals surface area contributed by atoms with Gasteiger partial charge in [0.05, 0.1) is 12.3 Å². The minimum Gasteiger partial charge on any atom is -0.351 e. The second kappa shape index (κ2) is 8.43. The summed E-state index contributed by atoms with van der Waals surface area (Å²) in [6.07, 6.45) is 3.45. The molecule has 1 N–H and O–H groups in total. The second-order valence-corrected chi connectivity index (χ2v) is 6.47. The van der Waals surface area contributed by atoms with Crippen LogP contribution in [0.1, 0.15) is 17.0 Å². The van der Waals surface area contributed by atoms with E-state index in [9.17, 15) is 4.79 Å². The SMILES string of the molecule is Cc1nnc(SCC(=O)NCc2cccnc2)n1Cc1ccccc1. The maximum atomic E-state index is 12.1. The number of carbonyl (C=O) groups is 1. The van der Waals surface area contributed by atoms with Crippen molar-refractivity contribution in [3.05, 3.63) is 71.8 Å². The number of aromatic nitrogens is 4. The Labute approximate surface area is 150 Å². The highest BCUT2D eigenvalue weighted by atomic mass is 32.2. The minimum absolute atomic E-state index is 0.0410. The average Bonchev–Trinajstić information content (AvgIpc) is 3.00. The molecule has 3 rings (SSSR count). The minimum atomic E-state index is -0.0410. The zero-order valence-electron chi connectivity index (χ0n) is 13.9. The van der Waals surface area contributed by atoms with Crippen LogP contribution in [-0.2, 0) is 17.9 Å². The number of thioether (sulfide) groups is 1. The van der Waals surface area contributed by atoms with Gasteiger partial charge in [0.15, 0.2) is 5.16 Å². The van der Waals surface area contributed by atoms with E-state index in [0.717, 1.165) is 16.5 Å². The van der Waals surface area contributed by atoms with Crippen LogP contribution in [0.5, 0.6) is 0 Å². The van der Waals surface area contributed by atoms with Gasteiger partial charge in [-0.2, -0.15) is 0 Å². The average molecular weight is 353 g/mol. The first-order valence-electron chi connectivity index (χ1n) is 7.94. The molecule has 0 spiro atoms. The van der Waals surface area contributed by atoms with E-state index in [1.807, 2.05) is 41.8 Å². The Kier molecular flexibility index (Phi) is 5.79. The van der Waals surface area contributed by atoms with Gasteiger partial charge in [-0.3, -0.25) is 9.78 Å². The molecule has 7 heteroatoms. The van der Waals surface area contributed by atoms with Gasteiger partial charge >= 0.3 is 0 Å². The third-order valence-electron chi connectivity index (χ3n) is 3.63. The van der Waals surface area contributed by atoms with E-state index in [1.54, 1.807) is 12.4 Å². The number of amides is 1.